The lowest BCUT2D eigenvalue weighted by Crippen LogP contribution is -2.78. The summed E-state index contributed by atoms with van der Waals surface area (Å²) in [6.07, 6.45) is -1.21. The summed E-state index contributed by atoms with van der Waals surface area (Å²) in [5.41, 5.74) is 0.0376. The van der Waals surface area contributed by atoms with Gasteiger partial charge in [-0.3, -0.25) is 0 Å². The third kappa shape index (κ3) is 3.26. The number of hydrogen-bond donors (Lipinski definition) is 3. The van der Waals surface area contributed by atoms with Crippen molar-refractivity contribution in [1.82, 2.24) is 0 Å². The molecule has 2 saturated heterocycles. The second-order valence-corrected chi connectivity index (χ2v) is 11.7. The summed E-state index contributed by atoms with van der Waals surface area (Å²) in [5, 5.41) is 30.7. The Morgan fingerprint density at radius 3 is 2.23 bits per heavy atom. The molecule has 2 aliphatic heterocycles. The number of aliphatic hydroxyl groups is 3. The molecule has 8 unspecified atom stereocenters. The van der Waals surface area contributed by atoms with E-state index in [-0.39, 0.29) is 22.5 Å². The van der Waals surface area contributed by atoms with Crippen molar-refractivity contribution in [2.45, 2.75) is 86.0 Å². The van der Waals surface area contributed by atoms with E-state index in [1.165, 1.54) is 7.11 Å². The number of benzene rings is 1. The van der Waals surface area contributed by atoms with Crippen LogP contribution in [0.2, 0.25) is 0 Å². The summed E-state index contributed by atoms with van der Waals surface area (Å²) in [6.45, 7) is 1.60. The van der Waals surface area contributed by atoms with Gasteiger partial charge in [0.1, 0.15) is 18.3 Å². The summed E-state index contributed by atoms with van der Waals surface area (Å²) in [4.78, 5) is 11.7. The van der Waals surface area contributed by atoms with Crippen LogP contribution in [-0.4, -0.2) is 70.7 Å². The van der Waals surface area contributed by atoms with Gasteiger partial charge in [0.15, 0.2) is 17.1 Å². The topological polar surface area (TPSA) is 116 Å². The van der Waals surface area contributed by atoms with E-state index in [1.54, 1.807) is 26.2 Å². The molecule has 6 aliphatic rings. The molecule has 3 N–H and O–H groups in total. The molecule has 10 heteroatoms. The highest BCUT2D eigenvalue weighted by Crippen LogP contribution is 2.71. The van der Waals surface area contributed by atoms with Gasteiger partial charge in [-0.25, -0.2) is 4.89 Å². The lowest BCUT2D eigenvalue weighted by molar-refractivity contribution is -0.645. The Kier molecular flexibility index (Phi) is 5.64. The monoisotopic (exact) mass is 512 g/mol. The average Bonchev–Trinajstić information content (AvgIpc) is 2.80. The van der Waals surface area contributed by atoms with E-state index in [4.69, 9.17) is 40.3 Å². The fraction of sp³-hybridized carbons (Fsp3) is 0.760. The Bertz CT molecular complexity index is 970. The van der Waals surface area contributed by atoms with Gasteiger partial charge in [-0.05, 0) is 75.0 Å². The molecule has 9 nitrogen and oxygen atoms in total. The molecular weight excluding hydrogens is 480 g/mol. The van der Waals surface area contributed by atoms with Gasteiger partial charge in [-0.15, -0.1) is 11.6 Å². The van der Waals surface area contributed by atoms with Crippen LogP contribution in [0.15, 0.2) is 18.2 Å². The minimum Gasteiger partial charge on any atom is -0.493 e. The Labute approximate surface area is 209 Å². The third-order valence-corrected chi connectivity index (χ3v) is 9.48. The van der Waals surface area contributed by atoms with Crippen molar-refractivity contribution in [3.63, 3.8) is 0 Å². The van der Waals surface area contributed by atoms with E-state index in [1.807, 2.05) is 6.07 Å². The largest absolute Gasteiger partial charge is 0.493 e. The first-order valence-electron chi connectivity index (χ1n) is 12.3. The van der Waals surface area contributed by atoms with Gasteiger partial charge in [-0.2, -0.15) is 4.89 Å². The summed E-state index contributed by atoms with van der Waals surface area (Å²) in [6, 6.07) is 5.34. The molecule has 2 heterocycles. The van der Waals surface area contributed by atoms with E-state index in [9.17, 15) is 15.3 Å². The van der Waals surface area contributed by atoms with Crippen molar-refractivity contribution in [3.8, 4) is 11.5 Å². The first-order valence-corrected chi connectivity index (χ1v) is 12.7. The lowest BCUT2D eigenvalue weighted by Gasteiger charge is -2.70. The van der Waals surface area contributed by atoms with E-state index >= 15 is 0 Å². The molecule has 1 spiro atoms. The molecule has 0 radical (unpaired) electrons. The Morgan fingerprint density at radius 2 is 1.66 bits per heavy atom. The predicted octanol–water partition coefficient (Wildman–Crippen LogP) is 2.22. The molecule has 4 bridgehead atoms. The molecule has 6 fully saturated rings. The SMILES string of the molecule is COc1ccc(C2(OC)OOC23C2CC4CC3CC(Cl)(C4)C2)cc1OC1OC(C)C(O)C(O)C1O. The molecule has 4 saturated carbocycles. The lowest BCUT2D eigenvalue weighted by atomic mass is 9.46. The van der Waals surface area contributed by atoms with Gasteiger partial charge in [0.2, 0.25) is 6.29 Å². The highest BCUT2D eigenvalue weighted by Gasteiger charge is 2.78. The predicted molar refractivity (Wildman–Crippen MR) is 122 cm³/mol. The first kappa shape index (κ1) is 24.2. The van der Waals surface area contributed by atoms with Crippen LogP contribution >= 0.6 is 11.6 Å². The van der Waals surface area contributed by atoms with E-state index in [0.29, 0.717) is 17.2 Å². The Morgan fingerprint density at radius 1 is 0.943 bits per heavy atom. The molecule has 4 aliphatic carbocycles. The number of hydrogen-bond acceptors (Lipinski definition) is 9. The standard InChI is InChI=1S/C25H33ClO9/c1-12-19(27)20(28)21(29)22(32-12)33-18-8-14(4-5-17(18)30-2)25(31-3)24(34-35-25)15-6-13-7-16(24)11-23(26,9-13)10-15/h4-5,8,12-13,15-16,19-22,27-29H,6-7,9-11H2,1-3H3. The van der Waals surface area contributed by atoms with Gasteiger partial charge in [-0.1, -0.05) is 0 Å². The highest BCUT2D eigenvalue weighted by atomic mass is 35.5. The number of aliphatic hydroxyl groups excluding tert-OH is 3. The second kappa shape index (κ2) is 8.16. The summed E-state index contributed by atoms with van der Waals surface area (Å²) < 4.78 is 23.2. The summed E-state index contributed by atoms with van der Waals surface area (Å²) in [7, 11) is 3.12. The number of ether oxygens (including phenoxy) is 4. The van der Waals surface area contributed by atoms with E-state index in [2.05, 4.69) is 0 Å². The Balaban J connectivity index is 1.35. The quantitative estimate of drug-likeness (QED) is 0.403. The number of halogens is 1. The zero-order valence-electron chi connectivity index (χ0n) is 20.1. The van der Waals surface area contributed by atoms with Crippen molar-refractivity contribution in [2.24, 2.45) is 17.8 Å². The zero-order chi connectivity index (χ0) is 24.8. The molecule has 8 atom stereocenters. The van der Waals surface area contributed by atoms with Crippen LogP contribution in [0.25, 0.3) is 0 Å². The van der Waals surface area contributed by atoms with Gasteiger partial charge in [0.05, 0.1) is 13.2 Å². The normalized spacial score (nSPS) is 50.3. The van der Waals surface area contributed by atoms with Crippen LogP contribution in [0, 0.1) is 17.8 Å². The van der Waals surface area contributed by atoms with Crippen LogP contribution < -0.4 is 9.47 Å². The number of methoxy groups -OCH3 is 2. The van der Waals surface area contributed by atoms with Gasteiger partial charge in [0.25, 0.3) is 5.79 Å². The van der Waals surface area contributed by atoms with Crippen LogP contribution in [0.4, 0.5) is 0 Å². The number of rotatable bonds is 5. The van der Waals surface area contributed by atoms with Crippen LogP contribution in [0.5, 0.6) is 11.5 Å². The average molecular weight is 513 g/mol. The molecule has 7 rings (SSSR count). The van der Waals surface area contributed by atoms with Crippen molar-refractivity contribution in [3.05, 3.63) is 23.8 Å². The molecule has 35 heavy (non-hydrogen) atoms. The number of alkyl halides is 1. The summed E-state index contributed by atoms with van der Waals surface area (Å²) >= 11 is 6.99. The minimum absolute atomic E-state index is 0.176. The van der Waals surface area contributed by atoms with Crippen molar-refractivity contribution >= 4 is 11.6 Å². The molecular formula is C25H33ClO9. The molecule has 0 amide bonds. The maximum Gasteiger partial charge on any atom is 0.260 e. The van der Waals surface area contributed by atoms with Crippen LogP contribution in [0.3, 0.4) is 0 Å². The van der Waals surface area contributed by atoms with E-state index < -0.39 is 42.1 Å². The molecule has 0 aromatic heterocycles. The third-order valence-electron chi connectivity index (χ3n) is 9.02. The van der Waals surface area contributed by atoms with Crippen LogP contribution in [0.1, 0.15) is 44.6 Å². The maximum atomic E-state index is 10.5. The van der Waals surface area contributed by atoms with E-state index in [0.717, 1.165) is 32.1 Å². The van der Waals surface area contributed by atoms with Crippen LogP contribution in [-0.2, 0) is 25.0 Å². The maximum absolute atomic E-state index is 10.5. The van der Waals surface area contributed by atoms with Crippen molar-refractivity contribution in [2.75, 3.05) is 14.2 Å². The molecule has 1 aromatic rings. The zero-order valence-corrected chi connectivity index (χ0v) is 20.8. The smallest absolute Gasteiger partial charge is 0.260 e. The fourth-order valence-corrected chi connectivity index (χ4v) is 8.14. The van der Waals surface area contributed by atoms with Gasteiger partial charge < -0.3 is 34.3 Å². The Hall–Kier alpha value is -1.17. The molecule has 194 valence electrons. The van der Waals surface area contributed by atoms with Crippen molar-refractivity contribution in [1.29, 1.82) is 0 Å². The molecule has 1 aromatic carbocycles. The highest BCUT2D eigenvalue weighted by molar-refractivity contribution is 6.24. The van der Waals surface area contributed by atoms with Gasteiger partial charge >= 0.3 is 0 Å². The minimum atomic E-state index is -1.45. The fourth-order valence-electron chi connectivity index (χ4n) is 7.55. The summed E-state index contributed by atoms with van der Waals surface area (Å²) in [5.74, 6) is 0.535. The van der Waals surface area contributed by atoms with Gasteiger partial charge in [0, 0.05) is 17.5 Å². The second-order valence-electron chi connectivity index (χ2n) is 10.9. The first-order chi connectivity index (χ1) is 16.7. The van der Waals surface area contributed by atoms with Crippen molar-refractivity contribution < 1.29 is 44.0 Å².